The van der Waals surface area contributed by atoms with Crippen LogP contribution in [-0.4, -0.2) is 41.1 Å². The zero-order valence-electron chi connectivity index (χ0n) is 19.7. The van der Waals surface area contributed by atoms with Gasteiger partial charge in [0, 0.05) is 5.02 Å². The van der Waals surface area contributed by atoms with E-state index in [1.165, 1.54) is 24.8 Å². The fourth-order valence-electron chi connectivity index (χ4n) is 3.38. The second-order valence-electron chi connectivity index (χ2n) is 7.76. The van der Waals surface area contributed by atoms with E-state index in [0.29, 0.717) is 22.2 Å². The van der Waals surface area contributed by atoms with Crippen LogP contribution in [0.4, 0.5) is 5.69 Å². The number of halogens is 1. The van der Waals surface area contributed by atoms with Crippen LogP contribution < -0.4 is 19.1 Å². The van der Waals surface area contributed by atoms with Gasteiger partial charge in [0.1, 0.15) is 24.7 Å². The molecule has 0 unspecified atom stereocenters. The fraction of sp³-hybridized carbons (Fsp3) is 0.269. The van der Waals surface area contributed by atoms with Crippen LogP contribution in [0.2, 0.25) is 5.02 Å². The van der Waals surface area contributed by atoms with E-state index in [-0.39, 0.29) is 18.0 Å². The molecule has 0 aromatic heterocycles. The molecule has 7 nitrogen and oxygen atoms in total. The molecular formula is C26H29ClN2O5S. The minimum atomic E-state index is -4.03. The van der Waals surface area contributed by atoms with Crippen molar-refractivity contribution in [3.63, 3.8) is 0 Å². The molecule has 0 radical (unpaired) electrons. The van der Waals surface area contributed by atoms with Gasteiger partial charge in [-0.2, -0.15) is 0 Å². The molecular weight excluding hydrogens is 488 g/mol. The first-order valence-electron chi connectivity index (χ1n) is 11.2. The molecule has 1 amide bonds. The SMILES string of the molecule is CCCc1ccc(OCCNC(=O)CN(c2ccc(Cl)cc2)S(=O)(=O)c2ccc(OC)cc2)cc1. The van der Waals surface area contributed by atoms with Crippen LogP contribution in [0.1, 0.15) is 18.9 Å². The second-order valence-corrected chi connectivity index (χ2v) is 10.1. The molecule has 1 N–H and O–H groups in total. The molecule has 9 heteroatoms. The van der Waals surface area contributed by atoms with Crippen molar-refractivity contribution >= 4 is 33.2 Å². The Hall–Kier alpha value is -3.23. The summed E-state index contributed by atoms with van der Waals surface area (Å²) in [6, 6.07) is 20.1. The largest absolute Gasteiger partial charge is 0.497 e. The van der Waals surface area contributed by atoms with E-state index >= 15 is 0 Å². The monoisotopic (exact) mass is 516 g/mol. The lowest BCUT2D eigenvalue weighted by Crippen LogP contribution is -2.41. The molecule has 0 aliphatic rings. The minimum absolute atomic E-state index is 0.0379. The third-order valence-corrected chi connectivity index (χ3v) is 7.24. The summed E-state index contributed by atoms with van der Waals surface area (Å²) >= 11 is 5.97. The molecule has 0 spiro atoms. The molecule has 3 rings (SSSR count). The number of sulfonamides is 1. The van der Waals surface area contributed by atoms with Crippen LogP contribution in [0, 0.1) is 0 Å². The lowest BCUT2D eigenvalue weighted by molar-refractivity contribution is -0.119. The third kappa shape index (κ3) is 7.37. The van der Waals surface area contributed by atoms with Gasteiger partial charge in [0.25, 0.3) is 10.0 Å². The van der Waals surface area contributed by atoms with E-state index in [1.54, 1.807) is 36.4 Å². The standard InChI is InChI=1S/C26H29ClN2O5S/c1-3-4-20-5-11-24(12-6-20)34-18-17-28-26(30)19-29(22-9-7-21(27)8-10-22)35(31,32)25-15-13-23(33-2)14-16-25/h5-16H,3-4,17-19H2,1-2H3,(H,28,30). The Labute approximate surface area is 211 Å². The fourth-order valence-corrected chi connectivity index (χ4v) is 4.93. The number of aryl methyl sites for hydroxylation is 1. The van der Waals surface area contributed by atoms with Gasteiger partial charge in [-0.1, -0.05) is 37.1 Å². The Kier molecular flexibility index (Phi) is 9.39. The molecule has 0 heterocycles. The first kappa shape index (κ1) is 26.4. The van der Waals surface area contributed by atoms with Crippen LogP contribution >= 0.6 is 11.6 Å². The molecule has 0 aliphatic heterocycles. The number of methoxy groups -OCH3 is 1. The number of carbonyl (C=O) groups excluding carboxylic acids is 1. The van der Waals surface area contributed by atoms with Crippen LogP contribution in [0.5, 0.6) is 11.5 Å². The van der Waals surface area contributed by atoms with E-state index in [1.807, 2.05) is 24.3 Å². The predicted octanol–water partition coefficient (Wildman–Crippen LogP) is 4.69. The van der Waals surface area contributed by atoms with Gasteiger partial charge in [0.15, 0.2) is 0 Å². The van der Waals surface area contributed by atoms with Crippen LogP contribution in [0.3, 0.4) is 0 Å². The molecule has 0 bridgehead atoms. The average Bonchev–Trinajstić information content (AvgIpc) is 2.87. The number of hydrogen-bond donors (Lipinski definition) is 1. The third-order valence-electron chi connectivity index (χ3n) is 5.20. The van der Waals surface area contributed by atoms with E-state index < -0.39 is 22.5 Å². The number of benzene rings is 3. The number of anilines is 1. The zero-order valence-corrected chi connectivity index (χ0v) is 21.3. The van der Waals surface area contributed by atoms with E-state index in [2.05, 4.69) is 12.2 Å². The lowest BCUT2D eigenvalue weighted by atomic mass is 10.1. The number of hydrogen-bond acceptors (Lipinski definition) is 5. The van der Waals surface area contributed by atoms with Crippen LogP contribution in [0.25, 0.3) is 0 Å². The van der Waals surface area contributed by atoms with E-state index in [0.717, 1.165) is 17.1 Å². The summed E-state index contributed by atoms with van der Waals surface area (Å²) in [5.74, 6) is 0.780. The average molecular weight is 517 g/mol. The molecule has 3 aromatic carbocycles. The summed E-state index contributed by atoms with van der Waals surface area (Å²) in [6.07, 6.45) is 2.09. The Balaban J connectivity index is 1.65. The first-order chi connectivity index (χ1) is 16.8. The summed E-state index contributed by atoms with van der Waals surface area (Å²) < 4.78 is 38.6. The van der Waals surface area contributed by atoms with E-state index in [4.69, 9.17) is 21.1 Å². The van der Waals surface area contributed by atoms with Crippen LogP contribution in [0.15, 0.2) is 77.7 Å². The number of nitrogens with one attached hydrogen (secondary N) is 1. The minimum Gasteiger partial charge on any atom is -0.497 e. The topological polar surface area (TPSA) is 84.9 Å². The first-order valence-corrected chi connectivity index (χ1v) is 13.1. The molecule has 0 saturated carbocycles. The maximum absolute atomic E-state index is 13.4. The van der Waals surface area contributed by atoms with Gasteiger partial charge in [-0.15, -0.1) is 0 Å². The van der Waals surface area contributed by atoms with Crippen molar-refractivity contribution in [2.75, 3.05) is 31.1 Å². The Morgan fingerprint density at radius 3 is 2.17 bits per heavy atom. The molecule has 3 aromatic rings. The molecule has 0 fully saturated rings. The highest BCUT2D eigenvalue weighted by atomic mass is 35.5. The summed E-state index contributed by atoms with van der Waals surface area (Å²) in [5, 5.41) is 3.18. The summed E-state index contributed by atoms with van der Waals surface area (Å²) in [6.45, 7) is 2.21. The number of carbonyl (C=O) groups is 1. The Bertz CT molecular complexity index is 1200. The summed E-state index contributed by atoms with van der Waals surface area (Å²) in [5.41, 5.74) is 1.57. The van der Waals surface area contributed by atoms with Crippen molar-refractivity contribution in [1.82, 2.24) is 5.32 Å². The van der Waals surface area contributed by atoms with E-state index in [9.17, 15) is 13.2 Å². The van der Waals surface area contributed by atoms with Crippen molar-refractivity contribution < 1.29 is 22.7 Å². The van der Waals surface area contributed by atoms with Crippen molar-refractivity contribution in [1.29, 1.82) is 0 Å². The van der Waals surface area contributed by atoms with Crippen molar-refractivity contribution in [3.05, 3.63) is 83.4 Å². The highest BCUT2D eigenvalue weighted by Crippen LogP contribution is 2.26. The van der Waals surface area contributed by atoms with Gasteiger partial charge in [-0.25, -0.2) is 8.42 Å². The van der Waals surface area contributed by atoms with Gasteiger partial charge in [-0.3, -0.25) is 9.10 Å². The molecule has 35 heavy (non-hydrogen) atoms. The smallest absolute Gasteiger partial charge is 0.264 e. The van der Waals surface area contributed by atoms with Crippen molar-refractivity contribution in [3.8, 4) is 11.5 Å². The molecule has 0 atom stereocenters. The second kappa shape index (κ2) is 12.5. The predicted molar refractivity (Wildman–Crippen MR) is 138 cm³/mol. The number of nitrogens with zero attached hydrogens (tertiary/aromatic N) is 1. The highest BCUT2D eigenvalue weighted by Gasteiger charge is 2.27. The van der Waals surface area contributed by atoms with Gasteiger partial charge < -0.3 is 14.8 Å². The number of amides is 1. The Morgan fingerprint density at radius 2 is 1.57 bits per heavy atom. The highest BCUT2D eigenvalue weighted by molar-refractivity contribution is 7.92. The Morgan fingerprint density at radius 1 is 0.943 bits per heavy atom. The normalized spacial score (nSPS) is 11.1. The summed E-state index contributed by atoms with van der Waals surface area (Å²) in [4.78, 5) is 12.7. The van der Waals surface area contributed by atoms with Crippen molar-refractivity contribution in [2.45, 2.75) is 24.7 Å². The van der Waals surface area contributed by atoms with Gasteiger partial charge in [0.2, 0.25) is 5.91 Å². The summed E-state index contributed by atoms with van der Waals surface area (Å²) in [7, 11) is -2.53. The van der Waals surface area contributed by atoms with Crippen molar-refractivity contribution in [2.24, 2.45) is 0 Å². The van der Waals surface area contributed by atoms with Gasteiger partial charge in [-0.05, 0) is 72.6 Å². The van der Waals surface area contributed by atoms with Gasteiger partial charge >= 0.3 is 0 Å². The zero-order chi connectivity index (χ0) is 25.3. The molecule has 0 saturated heterocycles. The lowest BCUT2D eigenvalue weighted by Gasteiger charge is -2.24. The quantitative estimate of drug-likeness (QED) is 0.353. The van der Waals surface area contributed by atoms with Crippen LogP contribution in [-0.2, 0) is 21.2 Å². The maximum Gasteiger partial charge on any atom is 0.264 e. The molecule has 0 aliphatic carbocycles. The maximum atomic E-state index is 13.4. The van der Waals surface area contributed by atoms with Gasteiger partial charge in [0.05, 0.1) is 24.2 Å². The number of ether oxygens (including phenoxy) is 2. The molecule has 186 valence electrons. The number of rotatable bonds is 12.